The summed E-state index contributed by atoms with van der Waals surface area (Å²) in [5, 5.41) is 7.62. The molecule has 3 rings (SSSR count). The quantitative estimate of drug-likeness (QED) is 0.877. The van der Waals surface area contributed by atoms with Crippen molar-refractivity contribution in [2.24, 2.45) is 5.73 Å². The van der Waals surface area contributed by atoms with Crippen LogP contribution in [0.5, 0.6) is 0 Å². The van der Waals surface area contributed by atoms with E-state index in [0.717, 1.165) is 37.3 Å². The summed E-state index contributed by atoms with van der Waals surface area (Å²) in [6, 6.07) is 10.7. The van der Waals surface area contributed by atoms with E-state index in [4.69, 9.17) is 10.7 Å². The van der Waals surface area contributed by atoms with Crippen LogP contribution in [0.2, 0.25) is 0 Å². The Kier molecular flexibility index (Phi) is 3.83. The van der Waals surface area contributed by atoms with E-state index < -0.39 is 0 Å². The Morgan fingerprint density at radius 2 is 1.90 bits per heavy atom. The predicted molar refractivity (Wildman–Crippen MR) is 79.4 cm³/mol. The van der Waals surface area contributed by atoms with E-state index >= 15 is 0 Å². The number of hydrogen-bond acceptors (Lipinski definition) is 3. The van der Waals surface area contributed by atoms with Crippen LogP contribution in [0.25, 0.3) is 0 Å². The molecular weight excluding hydrogens is 248 g/mol. The zero-order valence-corrected chi connectivity index (χ0v) is 11.8. The van der Waals surface area contributed by atoms with Gasteiger partial charge in [-0.05, 0) is 31.4 Å². The monoisotopic (exact) mass is 270 g/mol. The van der Waals surface area contributed by atoms with Gasteiger partial charge in [-0.25, -0.2) is 4.98 Å². The molecule has 20 heavy (non-hydrogen) atoms. The normalized spacial score (nSPS) is 17.4. The first-order valence-corrected chi connectivity index (χ1v) is 7.52. The summed E-state index contributed by atoms with van der Waals surface area (Å²) in [5.41, 5.74) is 6.92. The minimum absolute atomic E-state index is 0.0126. The topological polar surface area (TPSA) is 67.6 Å². The van der Waals surface area contributed by atoms with E-state index in [1.54, 1.807) is 0 Å². The van der Waals surface area contributed by atoms with Gasteiger partial charge in [0.25, 0.3) is 0 Å². The van der Waals surface area contributed by atoms with Crippen molar-refractivity contribution in [1.82, 2.24) is 15.2 Å². The van der Waals surface area contributed by atoms with Gasteiger partial charge in [0.05, 0.1) is 5.41 Å². The summed E-state index contributed by atoms with van der Waals surface area (Å²) in [7, 11) is 0. The Morgan fingerprint density at radius 1 is 1.15 bits per heavy atom. The van der Waals surface area contributed by atoms with E-state index in [1.807, 2.05) is 0 Å². The minimum Gasteiger partial charge on any atom is -0.330 e. The fraction of sp³-hybridized carbons (Fsp3) is 0.500. The smallest absolute Gasteiger partial charge is 0.161 e. The first-order valence-electron chi connectivity index (χ1n) is 7.52. The second-order valence-corrected chi connectivity index (χ2v) is 5.65. The van der Waals surface area contributed by atoms with Gasteiger partial charge in [0.1, 0.15) is 5.82 Å². The molecule has 1 aliphatic carbocycles. The molecule has 0 radical (unpaired) electrons. The molecule has 3 N–H and O–H groups in total. The molecule has 1 aliphatic rings. The van der Waals surface area contributed by atoms with Crippen LogP contribution >= 0.6 is 0 Å². The van der Waals surface area contributed by atoms with Crippen molar-refractivity contribution in [2.45, 2.75) is 43.9 Å². The van der Waals surface area contributed by atoms with Crippen LogP contribution in [0.3, 0.4) is 0 Å². The van der Waals surface area contributed by atoms with Crippen molar-refractivity contribution in [3.8, 4) is 0 Å². The lowest BCUT2D eigenvalue weighted by atomic mass is 9.78. The van der Waals surface area contributed by atoms with Crippen LogP contribution in [0.15, 0.2) is 30.3 Å². The summed E-state index contributed by atoms with van der Waals surface area (Å²) < 4.78 is 0. The van der Waals surface area contributed by atoms with Crippen LogP contribution in [-0.2, 0) is 11.8 Å². The number of nitrogens with two attached hydrogens (primary N) is 1. The molecule has 0 atom stereocenters. The highest BCUT2D eigenvalue weighted by Gasteiger charge is 2.40. The molecular formula is C16H22N4. The molecule has 0 bridgehead atoms. The van der Waals surface area contributed by atoms with Crippen molar-refractivity contribution < 1.29 is 0 Å². The molecule has 0 saturated heterocycles. The first-order chi connectivity index (χ1) is 9.85. The molecule has 0 amide bonds. The van der Waals surface area contributed by atoms with Crippen molar-refractivity contribution >= 4 is 0 Å². The fourth-order valence-electron chi connectivity index (χ4n) is 3.27. The number of aromatic nitrogens is 3. The van der Waals surface area contributed by atoms with Gasteiger partial charge < -0.3 is 5.73 Å². The molecule has 0 aliphatic heterocycles. The van der Waals surface area contributed by atoms with Gasteiger partial charge in [-0.15, -0.1) is 0 Å². The number of benzene rings is 1. The Morgan fingerprint density at radius 3 is 2.60 bits per heavy atom. The first kappa shape index (κ1) is 13.3. The number of aromatic amines is 1. The Balaban J connectivity index is 1.93. The summed E-state index contributed by atoms with van der Waals surface area (Å²) in [4.78, 5) is 4.76. The number of aryl methyl sites for hydroxylation is 1. The lowest BCUT2D eigenvalue weighted by Crippen LogP contribution is -2.25. The van der Waals surface area contributed by atoms with Crippen molar-refractivity contribution in [3.05, 3.63) is 47.5 Å². The SMILES string of the molecule is NCCCc1nc(C2(c3ccccc3)CCCC2)n[nH]1. The molecule has 2 aromatic rings. The molecule has 106 valence electrons. The summed E-state index contributed by atoms with van der Waals surface area (Å²) in [6.07, 6.45) is 6.63. The van der Waals surface area contributed by atoms with E-state index in [1.165, 1.54) is 18.4 Å². The van der Waals surface area contributed by atoms with Gasteiger partial charge in [0.15, 0.2) is 5.82 Å². The van der Waals surface area contributed by atoms with E-state index in [0.29, 0.717) is 6.54 Å². The second kappa shape index (κ2) is 5.75. The average molecular weight is 270 g/mol. The van der Waals surface area contributed by atoms with Crippen molar-refractivity contribution in [2.75, 3.05) is 6.54 Å². The Hall–Kier alpha value is -1.68. The number of nitrogens with zero attached hydrogens (tertiary/aromatic N) is 2. The summed E-state index contributed by atoms with van der Waals surface area (Å²) in [5.74, 6) is 1.93. The number of nitrogens with one attached hydrogen (secondary N) is 1. The van der Waals surface area contributed by atoms with Crippen LogP contribution in [0.1, 0.15) is 49.3 Å². The summed E-state index contributed by atoms with van der Waals surface area (Å²) >= 11 is 0. The second-order valence-electron chi connectivity index (χ2n) is 5.65. The number of hydrogen-bond donors (Lipinski definition) is 2. The average Bonchev–Trinajstić information content (AvgIpc) is 3.16. The highest BCUT2D eigenvalue weighted by atomic mass is 15.2. The maximum Gasteiger partial charge on any atom is 0.161 e. The maximum atomic E-state index is 5.56. The van der Waals surface area contributed by atoms with Crippen molar-refractivity contribution in [3.63, 3.8) is 0 Å². The predicted octanol–water partition coefficient (Wildman–Crippen LogP) is 2.56. The third-order valence-electron chi connectivity index (χ3n) is 4.36. The molecule has 1 aromatic heterocycles. The molecule has 4 heteroatoms. The maximum absolute atomic E-state index is 5.56. The number of rotatable bonds is 5. The summed E-state index contributed by atoms with van der Waals surface area (Å²) in [6.45, 7) is 0.694. The van der Waals surface area contributed by atoms with E-state index in [-0.39, 0.29) is 5.41 Å². The third-order valence-corrected chi connectivity index (χ3v) is 4.36. The van der Waals surface area contributed by atoms with Crippen LogP contribution in [0, 0.1) is 0 Å². The third kappa shape index (κ3) is 2.36. The molecule has 4 nitrogen and oxygen atoms in total. The lowest BCUT2D eigenvalue weighted by Gasteiger charge is -2.26. The molecule has 0 unspecified atom stereocenters. The Labute approximate surface area is 119 Å². The minimum atomic E-state index is 0.0126. The zero-order valence-electron chi connectivity index (χ0n) is 11.8. The Bertz CT molecular complexity index is 541. The van der Waals surface area contributed by atoms with E-state index in [2.05, 4.69) is 40.5 Å². The van der Waals surface area contributed by atoms with Gasteiger partial charge in [0.2, 0.25) is 0 Å². The van der Waals surface area contributed by atoms with Gasteiger partial charge in [0, 0.05) is 6.42 Å². The molecule has 1 heterocycles. The van der Waals surface area contributed by atoms with Crippen LogP contribution in [-0.4, -0.2) is 21.7 Å². The van der Waals surface area contributed by atoms with Gasteiger partial charge >= 0.3 is 0 Å². The van der Waals surface area contributed by atoms with Crippen LogP contribution < -0.4 is 5.73 Å². The lowest BCUT2D eigenvalue weighted by molar-refractivity contribution is 0.501. The molecule has 1 saturated carbocycles. The number of H-pyrrole nitrogens is 1. The van der Waals surface area contributed by atoms with Gasteiger partial charge in [-0.3, -0.25) is 5.10 Å². The highest BCUT2D eigenvalue weighted by molar-refractivity contribution is 5.34. The molecule has 1 aromatic carbocycles. The molecule has 0 spiro atoms. The van der Waals surface area contributed by atoms with E-state index in [9.17, 15) is 0 Å². The largest absolute Gasteiger partial charge is 0.330 e. The van der Waals surface area contributed by atoms with Crippen molar-refractivity contribution in [1.29, 1.82) is 0 Å². The van der Waals surface area contributed by atoms with Gasteiger partial charge in [-0.1, -0.05) is 43.2 Å². The fourth-order valence-corrected chi connectivity index (χ4v) is 3.27. The highest BCUT2D eigenvalue weighted by Crippen LogP contribution is 2.44. The molecule has 1 fully saturated rings. The zero-order chi connectivity index (χ0) is 13.8. The standard InChI is InChI=1S/C16H22N4/c17-12-6-9-14-18-15(20-19-14)16(10-4-5-11-16)13-7-2-1-3-8-13/h1-3,7-8H,4-6,9-12,17H2,(H,18,19,20). The van der Waals surface area contributed by atoms with Crippen LogP contribution in [0.4, 0.5) is 0 Å². The van der Waals surface area contributed by atoms with Gasteiger partial charge in [-0.2, -0.15) is 5.10 Å².